The van der Waals surface area contributed by atoms with Gasteiger partial charge in [-0.2, -0.15) is 0 Å². The van der Waals surface area contributed by atoms with Crippen molar-refractivity contribution < 1.29 is 22.3 Å². The fourth-order valence-electron chi connectivity index (χ4n) is 3.91. The lowest BCUT2D eigenvalue weighted by Gasteiger charge is -2.09. The molecule has 0 aliphatic rings. The van der Waals surface area contributed by atoms with E-state index in [4.69, 9.17) is 14.5 Å². The zero-order valence-corrected chi connectivity index (χ0v) is 21.9. The fraction of sp³-hybridized carbons (Fsp3) is 0.192. The molecule has 2 heterocycles. The maximum atomic E-state index is 13.1. The van der Waals surface area contributed by atoms with Crippen molar-refractivity contribution in [2.45, 2.75) is 18.7 Å². The van der Waals surface area contributed by atoms with Crippen LogP contribution in [0.25, 0.3) is 31.8 Å². The van der Waals surface area contributed by atoms with Gasteiger partial charge in [-0.25, -0.2) is 32.5 Å². The highest BCUT2D eigenvalue weighted by atomic mass is 32.2. The highest BCUT2D eigenvalue weighted by Gasteiger charge is 2.16. The summed E-state index contributed by atoms with van der Waals surface area (Å²) in [5.41, 5.74) is 5.20. The second kappa shape index (κ2) is 10.0. The van der Waals surface area contributed by atoms with E-state index in [1.165, 1.54) is 23.5 Å². The molecule has 3 aromatic carbocycles. The predicted octanol–water partition coefficient (Wildman–Crippen LogP) is 5.03. The van der Waals surface area contributed by atoms with E-state index in [2.05, 4.69) is 14.7 Å². The highest BCUT2D eigenvalue weighted by molar-refractivity contribution is 7.89. The zero-order chi connectivity index (χ0) is 26.2. The maximum Gasteiger partial charge on any atom is 0.240 e. The van der Waals surface area contributed by atoms with E-state index in [1.54, 1.807) is 13.3 Å². The number of nitrogens with one attached hydrogen (secondary N) is 1. The Morgan fingerprint density at radius 2 is 1.81 bits per heavy atom. The number of hydrogen-bond acceptors (Lipinski definition) is 8. The Bertz CT molecular complexity index is 1720. The number of benzene rings is 3. The van der Waals surface area contributed by atoms with Gasteiger partial charge in [-0.3, -0.25) is 0 Å². The molecule has 5 rings (SSSR count). The van der Waals surface area contributed by atoms with Gasteiger partial charge in [0.2, 0.25) is 15.9 Å². The van der Waals surface area contributed by atoms with Crippen LogP contribution in [-0.2, 0) is 10.0 Å². The van der Waals surface area contributed by atoms with Crippen molar-refractivity contribution in [3.63, 3.8) is 0 Å². The molecule has 0 unspecified atom stereocenters. The molecule has 5 aromatic rings. The molecule has 1 N–H and O–H groups in total. The van der Waals surface area contributed by atoms with Crippen LogP contribution in [0.5, 0.6) is 11.6 Å². The minimum atomic E-state index is -3.75. The zero-order valence-electron chi connectivity index (χ0n) is 20.3. The Kier molecular flexibility index (Phi) is 6.76. The number of aromatic nitrogens is 3. The number of ether oxygens (including phenoxy) is 2. The lowest BCUT2D eigenvalue weighted by molar-refractivity contribution is 0.323. The average molecular weight is 539 g/mol. The van der Waals surface area contributed by atoms with Gasteiger partial charge in [-0.15, -0.1) is 11.3 Å². The molecule has 0 spiro atoms. The Hall–Kier alpha value is -3.67. The van der Waals surface area contributed by atoms with Crippen molar-refractivity contribution in [3.05, 3.63) is 71.7 Å². The average Bonchev–Trinajstić information content (AvgIpc) is 3.31. The van der Waals surface area contributed by atoms with Crippen LogP contribution in [-0.4, -0.2) is 43.6 Å². The smallest absolute Gasteiger partial charge is 0.240 e. The maximum absolute atomic E-state index is 13.1. The number of sulfonamides is 1. The summed E-state index contributed by atoms with van der Waals surface area (Å²) in [5.74, 6) is 0.564. The first kappa shape index (κ1) is 25.0. The number of hydrogen-bond donors (Lipinski definition) is 1. The first-order valence-corrected chi connectivity index (χ1v) is 13.6. The van der Waals surface area contributed by atoms with E-state index >= 15 is 0 Å². The minimum Gasteiger partial charge on any atom is -0.492 e. The van der Waals surface area contributed by atoms with E-state index < -0.39 is 15.8 Å². The number of aryl methyl sites for hydroxylation is 2. The molecule has 0 aliphatic heterocycles. The first-order valence-electron chi connectivity index (χ1n) is 11.3. The van der Waals surface area contributed by atoms with Crippen LogP contribution in [0, 0.1) is 19.7 Å². The first-order chi connectivity index (χ1) is 17.7. The molecule has 0 radical (unpaired) electrons. The third-order valence-electron chi connectivity index (χ3n) is 5.65. The largest absolute Gasteiger partial charge is 0.492 e. The van der Waals surface area contributed by atoms with Crippen molar-refractivity contribution in [3.8, 4) is 22.2 Å². The van der Waals surface area contributed by atoms with Crippen LogP contribution in [0.15, 0.2) is 59.6 Å². The summed E-state index contributed by atoms with van der Waals surface area (Å²) in [7, 11) is -2.19. The van der Waals surface area contributed by atoms with Gasteiger partial charge in [0, 0.05) is 12.1 Å². The van der Waals surface area contributed by atoms with Gasteiger partial charge in [0.25, 0.3) is 0 Å². The Balaban J connectivity index is 1.35. The molecule has 0 bridgehead atoms. The predicted molar refractivity (Wildman–Crippen MR) is 141 cm³/mol. The van der Waals surface area contributed by atoms with E-state index in [0.717, 1.165) is 55.1 Å². The van der Waals surface area contributed by atoms with E-state index in [1.807, 2.05) is 38.1 Å². The number of rotatable bonds is 8. The monoisotopic (exact) mass is 538 g/mol. The molecule has 0 saturated heterocycles. The van der Waals surface area contributed by atoms with Crippen LogP contribution in [0.4, 0.5) is 4.39 Å². The summed E-state index contributed by atoms with van der Waals surface area (Å²) in [5, 5.41) is 0.815. The van der Waals surface area contributed by atoms with Gasteiger partial charge in [0.1, 0.15) is 23.2 Å². The number of fused-ring (bicyclic) bond motifs is 2. The lowest BCUT2D eigenvalue weighted by atomic mass is 10.1. The third kappa shape index (κ3) is 5.24. The normalized spacial score (nSPS) is 11.8. The van der Waals surface area contributed by atoms with Crippen molar-refractivity contribution in [1.82, 2.24) is 19.7 Å². The third-order valence-corrected chi connectivity index (χ3v) is 8.17. The van der Waals surface area contributed by atoms with Gasteiger partial charge in [0.05, 0.1) is 39.5 Å². The molecule has 190 valence electrons. The Labute approximate surface area is 217 Å². The Morgan fingerprint density at radius 1 is 1.03 bits per heavy atom. The summed E-state index contributed by atoms with van der Waals surface area (Å²) in [6, 6.07) is 12.4. The van der Waals surface area contributed by atoms with Gasteiger partial charge < -0.3 is 9.47 Å². The summed E-state index contributed by atoms with van der Waals surface area (Å²) >= 11 is 1.52. The van der Waals surface area contributed by atoms with E-state index in [0.29, 0.717) is 11.6 Å². The number of nitrogens with zero attached hydrogens (tertiary/aromatic N) is 3. The molecule has 0 fully saturated rings. The highest BCUT2D eigenvalue weighted by Crippen LogP contribution is 2.37. The van der Waals surface area contributed by atoms with Crippen LogP contribution in [0.3, 0.4) is 0 Å². The summed E-state index contributed by atoms with van der Waals surface area (Å²) in [6.07, 6.45) is 1.59. The topological polar surface area (TPSA) is 103 Å². The molecule has 0 saturated carbocycles. The standard InChI is InChI=1S/C26H23FN4O4S2/c1-15-10-20(25-21(11-15)30-23(34-3)14-28-25)26-31-24-16(2)12-18(13-22(24)36-26)35-9-8-29-37(32,33)19-6-4-17(27)5-7-19/h4-7,10-14,29H,8-9H2,1-3H3. The Morgan fingerprint density at radius 3 is 2.57 bits per heavy atom. The number of thiazole rings is 1. The van der Waals surface area contributed by atoms with Gasteiger partial charge in [-0.05, 0) is 73.5 Å². The summed E-state index contributed by atoms with van der Waals surface area (Å²) in [4.78, 5) is 13.9. The summed E-state index contributed by atoms with van der Waals surface area (Å²) < 4.78 is 52.3. The molecule has 0 amide bonds. The van der Waals surface area contributed by atoms with Crippen LogP contribution >= 0.6 is 11.3 Å². The molecule has 2 aromatic heterocycles. The SMILES string of the molecule is COc1cnc2c(-c3nc4c(C)cc(OCCNS(=O)(=O)c5ccc(F)cc5)cc4s3)cc(C)cc2n1. The second-order valence-corrected chi connectivity index (χ2v) is 11.2. The molecule has 37 heavy (non-hydrogen) atoms. The van der Waals surface area contributed by atoms with Gasteiger partial charge >= 0.3 is 0 Å². The van der Waals surface area contributed by atoms with Crippen molar-refractivity contribution >= 4 is 42.6 Å². The summed E-state index contributed by atoms with van der Waals surface area (Å²) in [6.45, 7) is 4.13. The second-order valence-electron chi connectivity index (χ2n) is 8.40. The molecule has 0 aliphatic carbocycles. The molecular weight excluding hydrogens is 515 g/mol. The van der Waals surface area contributed by atoms with Crippen molar-refractivity contribution in [1.29, 1.82) is 0 Å². The number of methoxy groups -OCH3 is 1. The van der Waals surface area contributed by atoms with E-state index in [-0.39, 0.29) is 18.0 Å². The minimum absolute atomic E-state index is 0.00448. The van der Waals surface area contributed by atoms with Crippen LogP contribution in [0.2, 0.25) is 0 Å². The van der Waals surface area contributed by atoms with Crippen molar-refractivity contribution in [2.75, 3.05) is 20.3 Å². The van der Waals surface area contributed by atoms with Crippen LogP contribution in [0.1, 0.15) is 11.1 Å². The fourth-order valence-corrected chi connectivity index (χ4v) is 6.02. The van der Waals surface area contributed by atoms with Gasteiger partial charge in [-0.1, -0.05) is 0 Å². The lowest BCUT2D eigenvalue weighted by Crippen LogP contribution is -2.28. The molecule has 8 nitrogen and oxygen atoms in total. The van der Waals surface area contributed by atoms with Gasteiger partial charge in [0.15, 0.2) is 0 Å². The molecular formula is C26H23FN4O4S2. The number of halogens is 1. The molecule has 0 atom stereocenters. The van der Waals surface area contributed by atoms with Crippen LogP contribution < -0.4 is 14.2 Å². The molecule has 11 heteroatoms. The quantitative estimate of drug-likeness (QED) is 0.277. The van der Waals surface area contributed by atoms with Crippen molar-refractivity contribution in [2.24, 2.45) is 0 Å². The van der Waals surface area contributed by atoms with E-state index in [9.17, 15) is 12.8 Å².